The standard InChI is InChI=1S/C30H39NO5/c1-6-9-10-18-36-23-14-11-21(12-15-23)27-26(29(33)30(34)31(27)17-7-2)28(32)22-13-16-25(35-8-3)24(19-22)20(4)5/h11-16,19-20,27,32H,6-10,17-18H2,1-5H3/b28-26-. The van der Waals surface area contributed by atoms with Crippen LogP contribution in [0, 0.1) is 0 Å². The smallest absolute Gasteiger partial charge is 0.295 e. The number of rotatable bonds is 12. The van der Waals surface area contributed by atoms with Gasteiger partial charge in [-0.3, -0.25) is 9.59 Å². The van der Waals surface area contributed by atoms with Crippen molar-refractivity contribution >= 4 is 17.4 Å². The Morgan fingerprint density at radius 1 is 0.972 bits per heavy atom. The average Bonchev–Trinajstić information content (AvgIpc) is 3.12. The van der Waals surface area contributed by atoms with Gasteiger partial charge < -0.3 is 19.5 Å². The number of benzene rings is 2. The summed E-state index contributed by atoms with van der Waals surface area (Å²) in [4.78, 5) is 27.7. The number of unbranched alkanes of at least 4 members (excludes halogenated alkanes) is 2. The Bertz CT molecular complexity index is 1090. The molecule has 194 valence electrons. The van der Waals surface area contributed by atoms with Gasteiger partial charge in [0.1, 0.15) is 17.3 Å². The summed E-state index contributed by atoms with van der Waals surface area (Å²) in [5, 5.41) is 11.4. The van der Waals surface area contributed by atoms with Crippen LogP contribution in [0.4, 0.5) is 0 Å². The van der Waals surface area contributed by atoms with Crippen LogP contribution in [-0.4, -0.2) is 41.5 Å². The van der Waals surface area contributed by atoms with E-state index in [0.29, 0.717) is 31.7 Å². The van der Waals surface area contributed by atoms with Crippen LogP contribution in [0.25, 0.3) is 5.76 Å². The quantitative estimate of drug-likeness (QED) is 0.156. The number of ether oxygens (including phenoxy) is 2. The number of nitrogens with zero attached hydrogens (tertiary/aromatic N) is 1. The van der Waals surface area contributed by atoms with Gasteiger partial charge in [0, 0.05) is 12.1 Å². The zero-order valence-electron chi connectivity index (χ0n) is 22.2. The van der Waals surface area contributed by atoms with Crippen LogP contribution in [0.2, 0.25) is 0 Å². The van der Waals surface area contributed by atoms with Crippen LogP contribution >= 0.6 is 0 Å². The molecule has 2 aromatic rings. The van der Waals surface area contributed by atoms with Crippen molar-refractivity contribution in [2.24, 2.45) is 0 Å². The first-order valence-corrected chi connectivity index (χ1v) is 13.1. The molecule has 1 unspecified atom stereocenters. The van der Waals surface area contributed by atoms with E-state index in [2.05, 4.69) is 6.92 Å². The van der Waals surface area contributed by atoms with Gasteiger partial charge in [-0.05, 0) is 67.1 Å². The highest BCUT2D eigenvalue weighted by Crippen LogP contribution is 2.41. The Balaban J connectivity index is 2.03. The van der Waals surface area contributed by atoms with Gasteiger partial charge in [0.05, 0.1) is 24.8 Å². The molecule has 1 heterocycles. The maximum absolute atomic E-state index is 13.2. The van der Waals surface area contributed by atoms with Crippen molar-refractivity contribution in [1.29, 1.82) is 0 Å². The summed E-state index contributed by atoms with van der Waals surface area (Å²) in [7, 11) is 0. The van der Waals surface area contributed by atoms with Crippen molar-refractivity contribution in [3.8, 4) is 11.5 Å². The molecule has 0 saturated carbocycles. The maximum Gasteiger partial charge on any atom is 0.295 e. The molecule has 6 nitrogen and oxygen atoms in total. The fraction of sp³-hybridized carbons (Fsp3) is 0.467. The van der Waals surface area contributed by atoms with Crippen molar-refractivity contribution < 1.29 is 24.2 Å². The molecule has 3 rings (SSSR count). The number of hydrogen-bond donors (Lipinski definition) is 1. The van der Waals surface area contributed by atoms with E-state index in [0.717, 1.165) is 41.9 Å². The number of hydrogen-bond acceptors (Lipinski definition) is 5. The number of carbonyl (C=O) groups excluding carboxylic acids is 2. The van der Waals surface area contributed by atoms with Gasteiger partial charge in [0.2, 0.25) is 0 Å². The number of aliphatic hydroxyl groups excluding tert-OH is 1. The molecule has 0 radical (unpaired) electrons. The number of Topliss-reactive ketones (excluding diaryl/α,β-unsaturated/α-hetero) is 1. The largest absolute Gasteiger partial charge is 0.507 e. The summed E-state index contributed by atoms with van der Waals surface area (Å²) in [5.41, 5.74) is 2.31. The predicted molar refractivity (Wildman–Crippen MR) is 142 cm³/mol. The Kier molecular flexibility index (Phi) is 9.57. The molecule has 1 atom stereocenters. The van der Waals surface area contributed by atoms with E-state index in [4.69, 9.17) is 9.47 Å². The van der Waals surface area contributed by atoms with Crippen LogP contribution in [-0.2, 0) is 9.59 Å². The minimum atomic E-state index is -0.661. The number of aliphatic hydroxyl groups is 1. The van der Waals surface area contributed by atoms with Crippen molar-refractivity contribution in [1.82, 2.24) is 4.90 Å². The molecular formula is C30H39NO5. The Hall–Kier alpha value is -3.28. The highest BCUT2D eigenvalue weighted by atomic mass is 16.5. The van der Waals surface area contributed by atoms with Gasteiger partial charge >= 0.3 is 0 Å². The molecule has 1 N–H and O–H groups in total. The van der Waals surface area contributed by atoms with Crippen molar-refractivity contribution in [2.45, 2.75) is 72.3 Å². The van der Waals surface area contributed by atoms with E-state index < -0.39 is 17.7 Å². The molecule has 1 saturated heterocycles. The molecule has 2 aromatic carbocycles. The molecule has 0 aliphatic carbocycles. The van der Waals surface area contributed by atoms with E-state index in [1.165, 1.54) is 0 Å². The van der Waals surface area contributed by atoms with Gasteiger partial charge in [0.25, 0.3) is 11.7 Å². The molecule has 1 aliphatic rings. The minimum Gasteiger partial charge on any atom is -0.507 e. The minimum absolute atomic E-state index is 0.115. The van der Waals surface area contributed by atoms with Crippen LogP contribution in [0.15, 0.2) is 48.0 Å². The molecule has 36 heavy (non-hydrogen) atoms. The fourth-order valence-electron chi connectivity index (χ4n) is 4.58. The van der Waals surface area contributed by atoms with Crippen LogP contribution in [0.5, 0.6) is 11.5 Å². The molecule has 1 fully saturated rings. The number of ketones is 1. The van der Waals surface area contributed by atoms with E-state index in [9.17, 15) is 14.7 Å². The Morgan fingerprint density at radius 2 is 1.69 bits per heavy atom. The average molecular weight is 494 g/mol. The van der Waals surface area contributed by atoms with Gasteiger partial charge in [-0.2, -0.15) is 0 Å². The van der Waals surface area contributed by atoms with Crippen LogP contribution in [0.1, 0.15) is 89.0 Å². The molecule has 1 aliphatic heterocycles. The summed E-state index contributed by atoms with van der Waals surface area (Å²) < 4.78 is 11.6. The van der Waals surface area contributed by atoms with E-state index >= 15 is 0 Å². The van der Waals surface area contributed by atoms with Crippen molar-refractivity contribution in [3.63, 3.8) is 0 Å². The van der Waals surface area contributed by atoms with Gasteiger partial charge in [-0.25, -0.2) is 0 Å². The topological polar surface area (TPSA) is 76.1 Å². The molecule has 1 amide bonds. The summed E-state index contributed by atoms with van der Waals surface area (Å²) >= 11 is 0. The van der Waals surface area contributed by atoms with Crippen molar-refractivity contribution in [3.05, 3.63) is 64.7 Å². The lowest BCUT2D eigenvalue weighted by molar-refractivity contribution is -0.139. The highest BCUT2D eigenvalue weighted by molar-refractivity contribution is 6.46. The number of likely N-dealkylation sites (tertiary alicyclic amines) is 1. The predicted octanol–water partition coefficient (Wildman–Crippen LogP) is 6.61. The lowest BCUT2D eigenvalue weighted by Crippen LogP contribution is -2.30. The van der Waals surface area contributed by atoms with E-state index in [1.807, 2.05) is 64.1 Å². The normalized spacial score (nSPS) is 17.2. The second-order valence-corrected chi connectivity index (χ2v) is 9.46. The van der Waals surface area contributed by atoms with Crippen LogP contribution in [0.3, 0.4) is 0 Å². The van der Waals surface area contributed by atoms with Gasteiger partial charge in [-0.15, -0.1) is 0 Å². The zero-order chi connectivity index (χ0) is 26.2. The first-order valence-electron chi connectivity index (χ1n) is 13.1. The Morgan fingerprint density at radius 3 is 2.31 bits per heavy atom. The third-order valence-electron chi connectivity index (χ3n) is 6.42. The number of carbonyl (C=O) groups is 2. The summed E-state index contributed by atoms with van der Waals surface area (Å²) in [6.45, 7) is 11.7. The summed E-state index contributed by atoms with van der Waals surface area (Å²) in [6.07, 6.45) is 3.94. The molecule has 0 spiro atoms. The van der Waals surface area contributed by atoms with Crippen LogP contribution < -0.4 is 9.47 Å². The molecule has 0 bridgehead atoms. The lowest BCUT2D eigenvalue weighted by Gasteiger charge is -2.25. The zero-order valence-corrected chi connectivity index (χ0v) is 22.2. The SMILES string of the molecule is CCCCCOc1ccc(C2/C(=C(/O)c3ccc(OCC)c(C(C)C)c3)C(=O)C(=O)N2CCC)cc1. The second kappa shape index (κ2) is 12.6. The molecular weight excluding hydrogens is 454 g/mol. The van der Waals surface area contributed by atoms with Gasteiger partial charge in [-0.1, -0.05) is 52.7 Å². The highest BCUT2D eigenvalue weighted by Gasteiger charge is 2.45. The third-order valence-corrected chi connectivity index (χ3v) is 6.42. The monoisotopic (exact) mass is 493 g/mol. The van der Waals surface area contributed by atoms with E-state index in [1.54, 1.807) is 11.0 Å². The molecule has 6 heteroatoms. The second-order valence-electron chi connectivity index (χ2n) is 9.46. The van der Waals surface area contributed by atoms with E-state index in [-0.39, 0.29) is 17.3 Å². The Labute approximate surface area is 214 Å². The first kappa shape index (κ1) is 27.3. The van der Waals surface area contributed by atoms with Gasteiger partial charge in [0.15, 0.2) is 0 Å². The summed E-state index contributed by atoms with van der Waals surface area (Å²) in [5.74, 6) is 0.241. The number of amides is 1. The fourth-order valence-corrected chi connectivity index (χ4v) is 4.58. The van der Waals surface area contributed by atoms with Crippen molar-refractivity contribution in [2.75, 3.05) is 19.8 Å². The summed E-state index contributed by atoms with van der Waals surface area (Å²) in [6, 6.07) is 12.2. The maximum atomic E-state index is 13.2. The first-order chi connectivity index (χ1) is 17.3. The third kappa shape index (κ3) is 5.92. The molecule has 0 aromatic heterocycles. The lowest BCUT2D eigenvalue weighted by atomic mass is 9.93.